The van der Waals surface area contributed by atoms with Crippen LogP contribution in [-0.4, -0.2) is 37.6 Å². The summed E-state index contributed by atoms with van der Waals surface area (Å²) in [7, 11) is 0. The lowest BCUT2D eigenvalue weighted by Gasteiger charge is -2.28. The largest absolute Gasteiger partial charge is 0.314 e. The molecule has 0 bridgehead atoms. The molecule has 1 aliphatic heterocycles. The molecule has 1 atom stereocenters. The maximum atomic E-state index is 12.9. The SMILES string of the molecule is CCC(CCN1CCNCC1)c1ccc(F)cc1. The summed E-state index contributed by atoms with van der Waals surface area (Å²) in [4.78, 5) is 2.52. The summed E-state index contributed by atoms with van der Waals surface area (Å²) in [6.45, 7) is 7.88. The van der Waals surface area contributed by atoms with E-state index < -0.39 is 0 Å². The fourth-order valence-electron chi connectivity index (χ4n) is 2.61. The van der Waals surface area contributed by atoms with Crippen molar-refractivity contribution in [2.75, 3.05) is 32.7 Å². The van der Waals surface area contributed by atoms with Gasteiger partial charge in [0.25, 0.3) is 0 Å². The van der Waals surface area contributed by atoms with Gasteiger partial charge < -0.3 is 10.2 Å². The second-order valence-corrected chi connectivity index (χ2v) is 5.04. The van der Waals surface area contributed by atoms with Gasteiger partial charge in [-0.05, 0) is 43.0 Å². The predicted molar refractivity (Wildman–Crippen MR) is 73.4 cm³/mol. The van der Waals surface area contributed by atoms with Gasteiger partial charge in [0.05, 0.1) is 0 Å². The number of benzene rings is 1. The van der Waals surface area contributed by atoms with Crippen LogP contribution in [0.1, 0.15) is 31.2 Å². The third kappa shape index (κ3) is 3.79. The first kappa shape index (κ1) is 13.5. The lowest BCUT2D eigenvalue weighted by molar-refractivity contribution is 0.232. The van der Waals surface area contributed by atoms with Crippen molar-refractivity contribution >= 4 is 0 Å². The fraction of sp³-hybridized carbons (Fsp3) is 0.600. The van der Waals surface area contributed by atoms with E-state index in [0.717, 1.165) is 39.1 Å². The quantitative estimate of drug-likeness (QED) is 0.864. The van der Waals surface area contributed by atoms with Crippen LogP contribution in [0.4, 0.5) is 4.39 Å². The molecule has 1 heterocycles. The van der Waals surface area contributed by atoms with E-state index >= 15 is 0 Å². The highest BCUT2D eigenvalue weighted by Crippen LogP contribution is 2.23. The minimum atomic E-state index is -0.143. The Hall–Kier alpha value is -0.930. The molecule has 18 heavy (non-hydrogen) atoms. The molecule has 0 spiro atoms. The summed E-state index contributed by atoms with van der Waals surface area (Å²) < 4.78 is 12.9. The lowest BCUT2D eigenvalue weighted by atomic mass is 9.93. The molecule has 0 aliphatic carbocycles. The molecule has 1 aliphatic rings. The van der Waals surface area contributed by atoms with E-state index in [1.807, 2.05) is 12.1 Å². The van der Waals surface area contributed by atoms with Crippen LogP contribution in [-0.2, 0) is 0 Å². The highest BCUT2D eigenvalue weighted by molar-refractivity contribution is 5.20. The van der Waals surface area contributed by atoms with Gasteiger partial charge in [0.2, 0.25) is 0 Å². The van der Waals surface area contributed by atoms with Crippen LogP contribution in [0.25, 0.3) is 0 Å². The Bertz CT molecular complexity index is 344. The van der Waals surface area contributed by atoms with Crippen LogP contribution < -0.4 is 5.32 Å². The number of piperazine rings is 1. The molecule has 3 heteroatoms. The molecule has 2 rings (SSSR count). The molecule has 1 fully saturated rings. The number of nitrogens with one attached hydrogen (secondary N) is 1. The molecule has 1 N–H and O–H groups in total. The number of hydrogen-bond donors (Lipinski definition) is 1. The minimum Gasteiger partial charge on any atom is -0.314 e. The third-order valence-electron chi connectivity index (χ3n) is 3.84. The molecule has 100 valence electrons. The van der Waals surface area contributed by atoms with E-state index in [-0.39, 0.29) is 5.82 Å². The van der Waals surface area contributed by atoms with Crippen LogP contribution in [0.5, 0.6) is 0 Å². The van der Waals surface area contributed by atoms with Crippen molar-refractivity contribution in [1.29, 1.82) is 0 Å². The lowest BCUT2D eigenvalue weighted by Crippen LogP contribution is -2.44. The van der Waals surface area contributed by atoms with Gasteiger partial charge in [0.15, 0.2) is 0 Å². The summed E-state index contributed by atoms with van der Waals surface area (Å²) in [5.41, 5.74) is 1.27. The zero-order valence-corrected chi connectivity index (χ0v) is 11.2. The number of rotatable bonds is 5. The van der Waals surface area contributed by atoms with Crippen molar-refractivity contribution in [3.63, 3.8) is 0 Å². The van der Waals surface area contributed by atoms with Crippen molar-refractivity contribution in [2.45, 2.75) is 25.7 Å². The van der Waals surface area contributed by atoms with Crippen LogP contribution in [0.3, 0.4) is 0 Å². The number of halogens is 1. The summed E-state index contributed by atoms with van der Waals surface area (Å²) in [6.07, 6.45) is 2.29. The number of nitrogens with zero attached hydrogens (tertiary/aromatic N) is 1. The number of hydrogen-bond acceptors (Lipinski definition) is 2. The molecule has 1 aromatic rings. The smallest absolute Gasteiger partial charge is 0.123 e. The van der Waals surface area contributed by atoms with E-state index in [0.29, 0.717) is 5.92 Å². The van der Waals surface area contributed by atoms with Crippen LogP contribution >= 0.6 is 0 Å². The van der Waals surface area contributed by atoms with E-state index in [1.165, 1.54) is 12.0 Å². The first-order chi connectivity index (χ1) is 8.79. The first-order valence-corrected chi connectivity index (χ1v) is 6.98. The predicted octanol–water partition coefficient (Wildman–Crippen LogP) is 2.61. The Morgan fingerprint density at radius 3 is 2.50 bits per heavy atom. The van der Waals surface area contributed by atoms with Gasteiger partial charge in [-0.2, -0.15) is 0 Å². The van der Waals surface area contributed by atoms with Gasteiger partial charge in [0, 0.05) is 26.2 Å². The molecular formula is C15H23FN2. The summed E-state index contributed by atoms with van der Waals surface area (Å²) >= 11 is 0. The Morgan fingerprint density at radius 1 is 1.22 bits per heavy atom. The monoisotopic (exact) mass is 250 g/mol. The Morgan fingerprint density at radius 2 is 1.89 bits per heavy atom. The molecule has 2 nitrogen and oxygen atoms in total. The summed E-state index contributed by atoms with van der Waals surface area (Å²) in [6, 6.07) is 7.01. The maximum absolute atomic E-state index is 12.9. The molecular weight excluding hydrogens is 227 g/mol. The van der Waals surface area contributed by atoms with Gasteiger partial charge in [-0.15, -0.1) is 0 Å². The summed E-state index contributed by atoms with van der Waals surface area (Å²) in [5.74, 6) is 0.413. The average Bonchev–Trinajstić information content (AvgIpc) is 2.42. The zero-order valence-electron chi connectivity index (χ0n) is 11.2. The second-order valence-electron chi connectivity index (χ2n) is 5.04. The van der Waals surface area contributed by atoms with E-state index in [9.17, 15) is 4.39 Å². The van der Waals surface area contributed by atoms with Crippen molar-refractivity contribution in [3.05, 3.63) is 35.6 Å². The highest BCUT2D eigenvalue weighted by Gasteiger charge is 2.14. The van der Waals surface area contributed by atoms with E-state index in [2.05, 4.69) is 17.1 Å². The second kappa shape index (κ2) is 6.86. The maximum Gasteiger partial charge on any atom is 0.123 e. The molecule has 0 aromatic heterocycles. The fourth-order valence-corrected chi connectivity index (χ4v) is 2.61. The molecule has 0 radical (unpaired) electrons. The highest BCUT2D eigenvalue weighted by atomic mass is 19.1. The molecule has 1 unspecified atom stereocenters. The van der Waals surface area contributed by atoms with Gasteiger partial charge in [0.1, 0.15) is 5.82 Å². The first-order valence-electron chi connectivity index (χ1n) is 6.98. The Balaban J connectivity index is 1.86. The van der Waals surface area contributed by atoms with Gasteiger partial charge >= 0.3 is 0 Å². The molecule has 1 aromatic carbocycles. The van der Waals surface area contributed by atoms with Crippen molar-refractivity contribution in [2.24, 2.45) is 0 Å². The minimum absolute atomic E-state index is 0.143. The average molecular weight is 250 g/mol. The van der Waals surface area contributed by atoms with Crippen molar-refractivity contribution in [1.82, 2.24) is 10.2 Å². The standard InChI is InChI=1S/C15H23FN2/c1-2-13(14-3-5-15(16)6-4-14)7-10-18-11-8-17-9-12-18/h3-6,13,17H,2,7-12H2,1H3. The Kier molecular flexibility index (Phi) is 5.14. The van der Waals surface area contributed by atoms with Crippen LogP contribution in [0.2, 0.25) is 0 Å². The van der Waals surface area contributed by atoms with Crippen molar-refractivity contribution < 1.29 is 4.39 Å². The summed E-state index contributed by atoms with van der Waals surface area (Å²) in [5, 5.41) is 3.37. The van der Waals surface area contributed by atoms with Gasteiger partial charge in [-0.3, -0.25) is 0 Å². The zero-order chi connectivity index (χ0) is 12.8. The molecule has 0 amide bonds. The van der Waals surface area contributed by atoms with Crippen LogP contribution in [0, 0.1) is 5.82 Å². The van der Waals surface area contributed by atoms with E-state index in [4.69, 9.17) is 0 Å². The van der Waals surface area contributed by atoms with Crippen LogP contribution in [0.15, 0.2) is 24.3 Å². The normalized spacial score (nSPS) is 18.8. The molecule has 1 saturated heterocycles. The Labute approximate surface area is 109 Å². The van der Waals surface area contributed by atoms with Gasteiger partial charge in [-0.25, -0.2) is 4.39 Å². The third-order valence-corrected chi connectivity index (χ3v) is 3.84. The van der Waals surface area contributed by atoms with E-state index in [1.54, 1.807) is 12.1 Å². The van der Waals surface area contributed by atoms with Gasteiger partial charge in [-0.1, -0.05) is 19.1 Å². The molecule has 0 saturated carbocycles. The van der Waals surface area contributed by atoms with Crippen molar-refractivity contribution in [3.8, 4) is 0 Å². The topological polar surface area (TPSA) is 15.3 Å².